The highest BCUT2D eigenvalue weighted by Gasteiger charge is 2.37. The lowest BCUT2D eigenvalue weighted by Gasteiger charge is -2.40. The zero-order chi connectivity index (χ0) is 14.5. The highest BCUT2D eigenvalue weighted by Crippen LogP contribution is 2.42. The quantitative estimate of drug-likeness (QED) is 0.705. The Bertz CT molecular complexity index is 272. The molecule has 0 aromatic rings. The molecule has 1 amide bonds. The Morgan fingerprint density at radius 3 is 2.21 bits per heavy atom. The van der Waals surface area contributed by atoms with Gasteiger partial charge in [0.05, 0.1) is 0 Å². The summed E-state index contributed by atoms with van der Waals surface area (Å²) in [4.78, 5) is 14.3. The minimum Gasteiger partial charge on any atom is -0.355 e. The second-order valence-corrected chi connectivity index (χ2v) is 6.51. The van der Waals surface area contributed by atoms with Crippen LogP contribution >= 0.6 is 0 Å². The molecule has 1 aliphatic rings. The van der Waals surface area contributed by atoms with Gasteiger partial charge in [0.25, 0.3) is 0 Å². The third kappa shape index (κ3) is 4.77. The van der Waals surface area contributed by atoms with Crippen molar-refractivity contribution in [1.29, 1.82) is 0 Å². The van der Waals surface area contributed by atoms with Gasteiger partial charge in [0.2, 0.25) is 5.91 Å². The number of rotatable bonds is 8. The predicted molar refractivity (Wildman–Crippen MR) is 79.9 cm³/mol. The van der Waals surface area contributed by atoms with Crippen LogP contribution in [0.15, 0.2) is 0 Å². The Morgan fingerprint density at radius 1 is 1.26 bits per heavy atom. The van der Waals surface area contributed by atoms with E-state index in [4.69, 9.17) is 5.73 Å². The summed E-state index contributed by atoms with van der Waals surface area (Å²) in [5.74, 6) is 0.164. The summed E-state index contributed by atoms with van der Waals surface area (Å²) < 4.78 is 0. The zero-order valence-electron chi connectivity index (χ0n) is 13.0. The Labute approximate surface area is 118 Å². The van der Waals surface area contributed by atoms with Gasteiger partial charge < -0.3 is 11.1 Å². The van der Waals surface area contributed by atoms with Crippen molar-refractivity contribution in [3.05, 3.63) is 0 Å². The van der Waals surface area contributed by atoms with Gasteiger partial charge in [-0.3, -0.25) is 9.69 Å². The van der Waals surface area contributed by atoms with E-state index in [1.54, 1.807) is 0 Å². The van der Waals surface area contributed by atoms with Crippen molar-refractivity contribution >= 4 is 5.91 Å². The average Bonchev–Trinajstić information content (AvgIpc) is 2.28. The highest BCUT2D eigenvalue weighted by molar-refractivity contribution is 5.76. The van der Waals surface area contributed by atoms with Gasteiger partial charge in [-0.1, -0.05) is 6.42 Å². The van der Waals surface area contributed by atoms with Crippen molar-refractivity contribution in [1.82, 2.24) is 10.2 Å². The number of carbonyl (C=O) groups excluding carboxylic acids is 1. The summed E-state index contributed by atoms with van der Waals surface area (Å²) in [5.41, 5.74) is 5.90. The van der Waals surface area contributed by atoms with Gasteiger partial charge in [0, 0.05) is 31.6 Å². The molecule has 0 aromatic carbocycles. The van der Waals surface area contributed by atoms with E-state index in [1.165, 1.54) is 6.42 Å². The number of amides is 1. The number of carbonyl (C=O) groups is 1. The van der Waals surface area contributed by atoms with Gasteiger partial charge >= 0.3 is 0 Å². The number of nitrogens with two attached hydrogens (primary N) is 1. The van der Waals surface area contributed by atoms with Crippen molar-refractivity contribution in [2.75, 3.05) is 19.6 Å². The fraction of sp³-hybridized carbons (Fsp3) is 0.933. The van der Waals surface area contributed by atoms with Gasteiger partial charge in [-0.15, -0.1) is 0 Å². The van der Waals surface area contributed by atoms with Gasteiger partial charge in [-0.25, -0.2) is 0 Å². The van der Waals surface area contributed by atoms with Crippen LogP contribution in [0.3, 0.4) is 0 Å². The standard InChI is InChI=1S/C15H31N3O/c1-12(2)18(13(3)4)9-8-17-14(19)10-15(11-16)6-5-7-15/h12-13H,5-11,16H2,1-4H3,(H,17,19). The Hall–Kier alpha value is -0.610. The summed E-state index contributed by atoms with van der Waals surface area (Å²) in [7, 11) is 0. The third-order valence-electron chi connectivity index (χ3n) is 4.40. The van der Waals surface area contributed by atoms with Crippen LogP contribution < -0.4 is 11.1 Å². The summed E-state index contributed by atoms with van der Waals surface area (Å²) in [6, 6.07) is 1.03. The lowest BCUT2D eigenvalue weighted by Crippen LogP contribution is -2.45. The first-order valence-corrected chi connectivity index (χ1v) is 7.63. The fourth-order valence-corrected chi connectivity index (χ4v) is 2.97. The van der Waals surface area contributed by atoms with Crippen LogP contribution in [0.5, 0.6) is 0 Å². The van der Waals surface area contributed by atoms with E-state index in [2.05, 4.69) is 37.9 Å². The van der Waals surface area contributed by atoms with Crippen LogP contribution in [0, 0.1) is 5.41 Å². The van der Waals surface area contributed by atoms with E-state index in [0.717, 1.165) is 25.9 Å². The van der Waals surface area contributed by atoms with E-state index in [1.807, 2.05) is 0 Å². The normalized spacial score (nSPS) is 17.9. The van der Waals surface area contributed by atoms with Crippen molar-refractivity contribution in [2.45, 2.75) is 65.5 Å². The van der Waals surface area contributed by atoms with Gasteiger partial charge in [-0.05, 0) is 52.5 Å². The lowest BCUT2D eigenvalue weighted by molar-refractivity contribution is -0.124. The Morgan fingerprint density at radius 2 is 1.84 bits per heavy atom. The zero-order valence-corrected chi connectivity index (χ0v) is 13.0. The van der Waals surface area contributed by atoms with Crippen molar-refractivity contribution in [2.24, 2.45) is 11.1 Å². The molecule has 0 unspecified atom stereocenters. The van der Waals surface area contributed by atoms with Crippen LogP contribution in [-0.2, 0) is 4.79 Å². The largest absolute Gasteiger partial charge is 0.355 e. The average molecular weight is 269 g/mol. The van der Waals surface area contributed by atoms with E-state index in [0.29, 0.717) is 25.0 Å². The highest BCUT2D eigenvalue weighted by atomic mass is 16.1. The first-order chi connectivity index (χ1) is 8.90. The van der Waals surface area contributed by atoms with E-state index >= 15 is 0 Å². The summed E-state index contributed by atoms with van der Waals surface area (Å²) in [6.07, 6.45) is 4.05. The number of hydrogen-bond donors (Lipinski definition) is 2. The molecule has 4 nitrogen and oxygen atoms in total. The molecule has 0 aliphatic heterocycles. The number of hydrogen-bond acceptors (Lipinski definition) is 3. The van der Waals surface area contributed by atoms with Crippen molar-refractivity contribution in [3.8, 4) is 0 Å². The van der Waals surface area contributed by atoms with Crippen molar-refractivity contribution in [3.63, 3.8) is 0 Å². The summed E-state index contributed by atoms with van der Waals surface area (Å²) in [6.45, 7) is 11.1. The van der Waals surface area contributed by atoms with Crippen LogP contribution in [-0.4, -0.2) is 42.5 Å². The molecule has 19 heavy (non-hydrogen) atoms. The smallest absolute Gasteiger partial charge is 0.220 e. The molecule has 0 saturated heterocycles. The second kappa shape index (κ2) is 7.25. The van der Waals surface area contributed by atoms with E-state index in [-0.39, 0.29) is 11.3 Å². The molecular formula is C15H31N3O. The molecule has 0 atom stereocenters. The van der Waals surface area contributed by atoms with E-state index in [9.17, 15) is 4.79 Å². The molecule has 1 saturated carbocycles. The second-order valence-electron chi connectivity index (χ2n) is 6.51. The molecule has 0 aromatic heterocycles. The predicted octanol–water partition coefficient (Wildman–Crippen LogP) is 1.74. The first kappa shape index (κ1) is 16.4. The van der Waals surface area contributed by atoms with Crippen LogP contribution in [0.2, 0.25) is 0 Å². The molecule has 3 N–H and O–H groups in total. The minimum absolute atomic E-state index is 0.111. The number of nitrogens with zero attached hydrogens (tertiary/aromatic N) is 1. The molecule has 0 spiro atoms. The summed E-state index contributed by atoms with van der Waals surface area (Å²) in [5, 5.41) is 3.04. The van der Waals surface area contributed by atoms with Gasteiger partial charge in [0.1, 0.15) is 0 Å². The maximum absolute atomic E-state index is 11.9. The Kier molecular flexibility index (Phi) is 6.27. The monoisotopic (exact) mass is 269 g/mol. The molecule has 0 heterocycles. The maximum atomic E-state index is 11.9. The molecular weight excluding hydrogens is 238 g/mol. The Balaban J connectivity index is 2.26. The fourth-order valence-electron chi connectivity index (χ4n) is 2.97. The van der Waals surface area contributed by atoms with Gasteiger partial charge in [-0.2, -0.15) is 0 Å². The molecule has 1 fully saturated rings. The molecule has 0 bridgehead atoms. The number of nitrogens with one attached hydrogen (secondary N) is 1. The summed E-state index contributed by atoms with van der Waals surface area (Å²) >= 11 is 0. The topological polar surface area (TPSA) is 58.4 Å². The van der Waals surface area contributed by atoms with Crippen LogP contribution in [0.1, 0.15) is 53.4 Å². The first-order valence-electron chi connectivity index (χ1n) is 7.63. The lowest BCUT2D eigenvalue weighted by atomic mass is 9.66. The molecule has 112 valence electrons. The van der Waals surface area contributed by atoms with Crippen LogP contribution in [0.4, 0.5) is 0 Å². The van der Waals surface area contributed by atoms with E-state index < -0.39 is 0 Å². The molecule has 4 heteroatoms. The molecule has 0 radical (unpaired) electrons. The van der Waals surface area contributed by atoms with Crippen LogP contribution in [0.25, 0.3) is 0 Å². The van der Waals surface area contributed by atoms with Gasteiger partial charge in [0.15, 0.2) is 0 Å². The molecule has 1 aliphatic carbocycles. The minimum atomic E-state index is 0.111. The third-order valence-corrected chi connectivity index (χ3v) is 4.40. The molecule has 1 rings (SSSR count). The SMILES string of the molecule is CC(C)N(CCNC(=O)CC1(CN)CCC1)C(C)C. The maximum Gasteiger partial charge on any atom is 0.220 e. The van der Waals surface area contributed by atoms with Crippen molar-refractivity contribution < 1.29 is 4.79 Å².